The summed E-state index contributed by atoms with van der Waals surface area (Å²) in [6, 6.07) is 4.77. The van der Waals surface area contributed by atoms with Crippen LogP contribution in [0.1, 0.15) is 0 Å². The van der Waals surface area contributed by atoms with Gasteiger partial charge in [0.15, 0.2) is 0 Å². The van der Waals surface area contributed by atoms with Gasteiger partial charge in [0.2, 0.25) is 0 Å². The Labute approximate surface area is 64.4 Å². The summed E-state index contributed by atoms with van der Waals surface area (Å²) in [4.78, 5) is 8.00. The van der Waals surface area contributed by atoms with Crippen molar-refractivity contribution in [1.82, 2.24) is 0 Å². The molecule has 60 valence electrons. The third kappa shape index (κ3) is 2.17. The van der Waals surface area contributed by atoms with Crippen molar-refractivity contribution in [2.75, 3.05) is 11.5 Å². The third-order valence-electron chi connectivity index (χ3n) is 1.12. The first-order valence-electron chi connectivity index (χ1n) is 2.83. The molecule has 0 amide bonds. The van der Waals surface area contributed by atoms with Crippen molar-refractivity contribution in [3.8, 4) is 5.75 Å². The van der Waals surface area contributed by atoms with Crippen molar-refractivity contribution in [3.05, 3.63) is 18.2 Å². The summed E-state index contributed by atoms with van der Waals surface area (Å²) in [5.41, 5.74) is 11.3. The van der Waals surface area contributed by atoms with E-state index in [-0.39, 0.29) is 11.4 Å². The Hall–Kier alpha value is -1.71. The molecule has 0 saturated heterocycles. The lowest BCUT2D eigenvalue weighted by molar-refractivity contribution is -0.0979. The van der Waals surface area contributed by atoms with E-state index in [9.17, 15) is 0 Å². The van der Waals surface area contributed by atoms with Crippen LogP contribution in [0.4, 0.5) is 11.4 Å². The highest BCUT2D eigenvalue weighted by molar-refractivity contribution is 5.69. The number of carbonyl (C=O) groups excluding carboxylic acids is 1. The first kappa shape index (κ1) is 9.29. The van der Waals surface area contributed by atoms with E-state index >= 15 is 0 Å². The molecule has 0 bridgehead atoms. The maximum Gasteiger partial charge on any atom is 0.140 e. The van der Waals surface area contributed by atoms with Gasteiger partial charge in [-0.2, -0.15) is 0 Å². The van der Waals surface area contributed by atoms with Crippen LogP contribution in [0.2, 0.25) is 0 Å². The molecule has 0 atom stereocenters. The van der Waals surface area contributed by atoms with Gasteiger partial charge < -0.3 is 21.4 Å². The molecule has 1 rings (SSSR count). The fraction of sp³-hybridized carbons (Fsp3) is 0. The Balaban J connectivity index is 0.000000461. The molecule has 11 heavy (non-hydrogen) atoms. The second-order valence-electron chi connectivity index (χ2n) is 1.78. The molecule has 1 aromatic carbocycles. The summed E-state index contributed by atoms with van der Waals surface area (Å²) in [7, 11) is 0. The predicted molar refractivity (Wildman–Crippen MR) is 44.1 cm³/mol. The van der Waals surface area contributed by atoms with Gasteiger partial charge in [-0.05, 0) is 12.1 Å². The molecule has 0 aromatic heterocycles. The van der Waals surface area contributed by atoms with E-state index < -0.39 is 0 Å². The van der Waals surface area contributed by atoms with Crippen molar-refractivity contribution < 1.29 is 9.90 Å². The first-order chi connectivity index (χ1) is 5.22. The molecule has 0 fully saturated rings. The van der Waals surface area contributed by atoms with E-state index in [1.807, 2.05) is 6.79 Å². The van der Waals surface area contributed by atoms with E-state index in [2.05, 4.69) is 0 Å². The predicted octanol–water partition coefficient (Wildman–Crippen LogP) is 0.372. The highest BCUT2D eigenvalue weighted by Gasteiger charge is 1.96. The van der Waals surface area contributed by atoms with Crippen LogP contribution in [0.5, 0.6) is 5.75 Å². The summed E-state index contributed by atoms with van der Waals surface area (Å²) in [5.74, 6) is 0.0370. The van der Waals surface area contributed by atoms with Crippen LogP contribution in [-0.4, -0.2) is 11.9 Å². The lowest BCUT2D eigenvalue weighted by Crippen LogP contribution is -1.93. The van der Waals surface area contributed by atoms with Crippen molar-refractivity contribution in [1.29, 1.82) is 0 Å². The molecule has 0 radical (unpaired) electrons. The average Bonchev–Trinajstić information content (AvgIpc) is 2.04. The normalized spacial score (nSPS) is 8.00. The SMILES string of the molecule is C=O.Nc1cccc(O)c1N. The zero-order valence-electron chi connectivity index (χ0n) is 5.95. The molecular formula is C7H10N2O2. The first-order valence-corrected chi connectivity index (χ1v) is 2.83. The van der Waals surface area contributed by atoms with Crippen molar-refractivity contribution >= 4 is 18.2 Å². The Bertz CT molecular complexity index is 218. The Kier molecular flexibility index (Phi) is 3.51. The summed E-state index contributed by atoms with van der Waals surface area (Å²) in [5, 5.41) is 8.90. The minimum absolute atomic E-state index is 0.0370. The van der Waals surface area contributed by atoms with Gasteiger partial charge in [-0.3, -0.25) is 0 Å². The van der Waals surface area contributed by atoms with Crippen LogP contribution < -0.4 is 11.5 Å². The fourth-order valence-electron chi connectivity index (χ4n) is 0.570. The number of anilines is 2. The van der Waals surface area contributed by atoms with Crippen molar-refractivity contribution in [3.63, 3.8) is 0 Å². The maximum absolute atomic E-state index is 8.90. The van der Waals surface area contributed by atoms with Gasteiger partial charge in [-0.25, -0.2) is 0 Å². The van der Waals surface area contributed by atoms with Gasteiger partial charge >= 0.3 is 0 Å². The third-order valence-corrected chi connectivity index (χ3v) is 1.12. The van der Waals surface area contributed by atoms with Crippen LogP contribution in [0.3, 0.4) is 0 Å². The van der Waals surface area contributed by atoms with E-state index in [1.165, 1.54) is 6.07 Å². The topological polar surface area (TPSA) is 89.3 Å². The van der Waals surface area contributed by atoms with E-state index in [4.69, 9.17) is 21.4 Å². The maximum atomic E-state index is 8.90. The number of nitrogens with two attached hydrogens (primary N) is 2. The molecule has 1 aromatic rings. The van der Waals surface area contributed by atoms with E-state index in [0.29, 0.717) is 5.69 Å². The molecule has 0 aliphatic rings. The lowest BCUT2D eigenvalue weighted by Gasteiger charge is -1.99. The Morgan fingerprint density at radius 2 is 1.82 bits per heavy atom. The summed E-state index contributed by atoms with van der Waals surface area (Å²) < 4.78 is 0. The molecule has 4 nitrogen and oxygen atoms in total. The second-order valence-corrected chi connectivity index (χ2v) is 1.78. The van der Waals surface area contributed by atoms with Crippen LogP contribution >= 0.6 is 0 Å². The van der Waals surface area contributed by atoms with E-state index in [1.54, 1.807) is 12.1 Å². The minimum atomic E-state index is 0.0370. The van der Waals surface area contributed by atoms with Crippen LogP contribution in [0.15, 0.2) is 18.2 Å². The number of carbonyl (C=O) groups is 1. The standard InChI is InChI=1S/C6H8N2O.CH2O/c7-4-2-1-3-5(9)6(4)8;1-2/h1-3,9H,7-8H2;1H2. The van der Waals surface area contributed by atoms with Crippen LogP contribution in [0.25, 0.3) is 0 Å². The number of benzene rings is 1. The van der Waals surface area contributed by atoms with Crippen molar-refractivity contribution in [2.24, 2.45) is 0 Å². The van der Waals surface area contributed by atoms with Gasteiger partial charge in [0.1, 0.15) is 12.5 Å². The molecule has 5 N–H and O–H groups in total. The van der Waals surface area contributed by atoms with Gasteiger partial charge in [0.25, 0.3) is 0 Å². The van der Waals surface area contributed by atoms with Gasteiger partial charge in [0, 0.05) is 0 Å². The second kappa shape index (κ2) is 4.16. The van der Waals surface area contributed by atoms with Gasteiger partial charge in [-0.1, -0.05) is 6.07 Å². The Morgan fingerprint density at radius 1 is 1.27 bits per heavy atom. The van der Waals surface area contributed by atoms with Gasteiger partial charge in [-0.15, -0.1) is 0 Å². The molecule has 0 aliphatic heterocycles. The number of para-hydroxylation sites is 1. The van der Waals surface area contributed by atoms with Crippen LogP contribution in [0, 0.1) is 0 Å². The highest BCUT2D eigenvalue weighted by atomic mass is 16.3. The minimum Gasteiger partial charge on any atom is -0.506 e. The highest BCUT2D eigenvalue weighted by Crippen LogP contribution is 2.24. The Morgan fingerprint density at radius 3 is 2.18 bits per heavy atom. The molecule has 0 heterocycles. The molecule has 4 heteroatoms. The number of hydrogen-bond donors (Lipinski definition) is 3. The monoisotopic (exact) mass is 154 g/mol. The largest absolute Gasteiger partial charge is 0.506 e. The summed E-state index contributed by atoms with van der Waals surface area (Å²) >= 11 is 0. The molecular weight excluding hydrogens is 144 g/mol. The van der Waals surface area contributed by atoms with Crippen molar-refractivity contribution in [2.45, 2.75) is 0 Å². The zero-order chi connectivity index (χ0) is 8.85. The number of phenolic OH excluding ortho intramolecular Hbond substituents is 1. The fourth-order valence-corrected chi connectivity index (χ4v) is 0.570. The summed E-state index contributed by atoms with van der Waals surface area (Å²) in [6.07, 6.45) is 0. The van der Waals surface area contributed by atoms with Crippen LogP contribution in [-0.2, 0) is 4.79 Å². The number of nitrogen functional groups attached to an aromatic ring is 2. The molecule has 0 spiro atoms. The number of aromatic hydroxyl groups is 1. The molecule has 0 aliphatic carbocycles. The molecule has 0 saturated carbocycles. The number of rotatable bonds is 0. The molecule has 0 unspecified atom stereocenters. The average molecular weight is 154 g/mol. The quantitative estimate of drug-likeness (QED) is 0.372. The van der Waals surface area contributed by atoms with E-state index in [0.717, 1.165) is 0 Å². The number of hydrogen-bond acceptors (Lipinski definition) is 4. The smallest absolute Gasteiger partial charge is 0.140 e. The zero-order valence-corrected chi connectivity index (χ0v) is 5.95. The lowest BCUT2D eigenvalue weighted by atomic mass is 10.2. The number of phenols is 1. The van der Waals surface area contributed by atoms with Gasteiger partial charge in [0.05, 0.1) is 11.4 Å². The summed E-state index contributed by atoms with van der Waals surface area (Å²) in [6.45, 7) is 2.00.